The molecule has 0 spiro atoms. The highest BCUT2D eigenvalue weighted by Gasteiger charge is 2.08. The van der Waals surface area contributed by atoms with Crippen LogP contribution >= 0.6 is 11.8 Å². The molecule has 16 heavy (non-hydrogen) atoms. The van der Waals surface area contributed by atoms with Gasteiger partial charge in [0.1, 0.15) is 18.3 Å². The van der Waals surface area contributed by atoms with Crippen molar-refractivity contribution >= 4 is 11.8 Å². The molecule has 0 unspecified atom stereocenters. The number of aryl methyl sites for hydroxylation is 1. The summed E-state index contributed by atoms with van der Waals surface area (Å²) in [5.74, 6) is 2.34. The number of hydrogen-bond donors (Lipinski definition) is 1. The van der Waals surface area contributed by atoms with Crippen molar-refractivity contribution in [1.82, 2.24) is 4.98 Å². The standard InChI is InChI=1S/C12H19N3S/c1-16-11-15-10-9-14-12(15)7-5-3-2-4-6-8-13/h9-10H,2-7,11H2,1H3/p+1. The number of H-pyrrole nitrogens is 1. The van der Waals surface area contributed by atoms with E-state index >= 15 is 0 Å². The van der Waals surface area contributed by atoms with E-state index in [1.54, 1.807) is 0 Å². The molecule has 3 nitrogen and oxygen atoms in total. The Morgan fingerprint density at radius 3 is 2.94 bits per heavy atom. The van der Waals surface area contributed by atoms with Gasteiger partial charge in [0.05, 0.1) is 6.07 Å². The lowest BCUT2D eigenvalue weighted by Crippen LogP contribution is -2.34. The number of aromatic amines is 1. The number of nitrogens with one attached hydrogen (secondary N) is 1. The number of imidazole rings is 1. The van der Waals surface area contributed by atoms with Crippen LogP contribution in [0.15, 0.2) is 12.4 Å². The van der Waals surface area contributed by atoms with Gasteiger partial charge in [-0.25, -0.2) is 9.55 Å². The fourth-order valence-corrected chi connectivity index (χ4v) is 2.24. The SMILES string of the molecule is CSC[n+]1cc[nH]c1CCCCCCC#N. The number of hydrogen-bond acceptors (Lipinski definition) is 2. The predicted molar refractivity (Wildman–Crippen MR) is 66.9 cm³/mol. The van der Waals surface area contributed by atoms with Crippen molar-refractivity contribution in [3.63, 3.8) is 0 Å². The predicted octanol–water partition coefficient (Wildman–Crippen LogP) is 2.64. The number of rotatable bonds is 8. The molecule has 0 saturated carbocycles. The minimum absolute atomic E-state index is 0.703. The maximum atomic E-state index is 8.41. The molecule has 4 heteroatoms. The molecular weight excluding hydrogens is 218 g/mol. The first-order chi connectivity index (χ1) is 7.88. The highest BCUT2D eigenvalue weighted by atomic mass is 32.2. The van der Waals surface area contributed by atoms with E-state index in [4.69, 9.17) is 5.26 Å². The van der Waals surface area contributed by atoms with Gasteiger partial charge in [-0.1, -0.05) is 12.8 Å². The second kappa shape index (κ2) is 8.23. The fraction of sp³-hybridized carbons (Fsp3) is 0.667. The van der Waals surface area contributed by atoms with Gasteiger partial charge in [0.2, 0.25) is 0 Å². The quantitative estimate of drug-likeness (QED) is 0.559. The average Bonchev–Trinajstić information content (AvgIpc) is 2.72. The van der Waals surface area contributed by atoms with Crippen molar-refractivity contribution in [3.8, 4) is 6.07 Å². The molecule has 0 aliphatic rings. The topological polar surface area (TPSA) is 43.5 Å². The summed E-state index contributed by atoms with van der Waals surface area (Å²) < 4.78 is 2.26. The van der Waals surface area contributed by atoms with Crippen LogP contribution in [0.4, 0.5) is 0 Å². The van der Waals surface area contributed by atoms with Crippen LogP contribution < -0.4 is 4.57 Å². The van der Waals surface area contributed by atoms with Gasteiger partial charge in [-0.05, 0) is 19.1 Å². The largest absolute Gasteiger partial charge is 0.254 e. The summed E-state index contributed by atoms with van der Waals surface area (Å²) in [7, 11) is 0. The zero-order valence-electron chi connectivity index (χ0n) is 9.91. The molecule has 1 aromatic heterocycles. The van der Waals surface area contributed by atoms with Crippen LogP contribution in [0.1, 0.15) is 37.9 Å². The Labute approximate surface area is 102 Å². The van der Waals surface area contributed by atoms with Gasteiger partial charge in [-0.3, -0.25) is 0 Å². The molecule has 0 fully saturated rings. The number of thioether (sulfide) groups is 1. The van der Waals surface area contributed by atoms with Crippen LogP contribution in [0.25, 0.3) is 0 Å². The van der Waals surface area contributed by atoms with Gasteiger partial charge in [-0.2, -0.15) is 5.26 Å². The average molecular weight is 238 g/mol. The minimum Gasteiger partial charge on any atom is -0.248 e. The maximum absolute atomic E-state index is 8.41. The molecule has 1 aromatic rings. The Bertz CT molecular complexity index is 327. The van der Waals surface area contributed by atoms with E-state index in [0.29, 0.717) is 6.42 Å². The molecule has 0 atom stereocenters. The smallest absolute Gasteiger partial charge is 0.248 e. The summed E-state index contributed by atoms with van der Waals surface area (Å²) in [6.45, 7) is 0. The first kappa shape index (κ1) is 13.1. The lowest BCUT2D eigenvalue weighted by molar-refractivity contribution is -0.682. The van der Waals surface area contributed by atoms with Crippen LogP contribution in [0.5, 0.6) is 0 Å². The Morgan fingerprint density at radius 1 is 1.38 bits per heavy atom. The van der Waals surface area contributed by atoms with Crippen molar-refractivity contribution in [3.05, 3.63) is 18.2 Å². The summed E-state index contributed by atoms with van der Waals surface area (Å²) in [4.78, 5) is 3.29. The fourth-order valence-electron chi connectivity index (χ4n) is 1.72. The molecule has 0 radical (unpaired) electrons. The molecule has 0 amide bonds. The highest BCUT2D eigenvalue weighted by molar-refractivity contribution is 7.97. The molecule has 0 saturated heterocycles. The normalized spacial score (nSPS) is 10.2. The molecule has 1 heterocycles. The summed E-state index contributed by atoms with van der Waals surface area (Å²) in [5, 5.41) is 8.41. The van der Waals surface area contributed by atoms with Crippen LogP contribution in [0, 0.1) is 11.3 Å². The molecule has 0 bridgehead atoms. The Morgan fingerprint density at radius 2 is 2.19 bits per heavy atom. The van der Waals surface area contributed by atoms with Crippen LogP contribution in [0.2, 0.25) is 0 Å². The number of unbranched alkanes of at least 4 members (excludes halogenated alkanes) is 4. The van der Waals surface area contributed by atoms with Crippen LogP contribution in [0.3, 0.4) is 0 Å². The first-order valence-corrected chi connectivity index (χ1v) is 7.19. The molecule has 0 aliphatic carbocycles. The van der Waals surface area contributed by atoms with E-state index in [1.807, 2.05) is 18.0 Å². The zero-order chi connectivity index (χ0) is 11.6. The number of nitrogens with zero attached hydrogens (tertiary/aromatic N) is 2. The molecule has 1 N–H and O–H groups in total. The van der Waals surface area contributed by atoms with Gasteiger partial charge < -0.3 is 0 Å². The summed E-state index contributed by atoms with van der Waals surface area (Å²) in [5.41, 5.74) is 0. The molecule has 1 rings (SSSR count). The van der Waals surface area contributed by atoms with Gasteiger partial charge in [0, 0.05) is 12.8 Å². The van der Waals surface area contributed by atoms with E-state index in [2.05, 4.69) is 28.1 Å². The molecule has 88 valence electrons. The van der Waals surface area contributed by atoms with Crippen molar-refractivity contribution < 1.29 is 4.57 Å². The van der Waals surface area contributed by atoms with Gasteiger partial charge in [-0.15, -0.1) is 11.8 Å². The van der Waals surface area contributed by atoms with Gasteiger partial charge in [0.25, 0.3) is 5.82 Å². The third-order valence-electron chi connectivity index (χ3n) is 2.57. The lowest BCUT2D eigenvalue weighted by Gasteiger charge is -1.99. The summed E-state index contributed by atoms with van der Waals surface area (Å²) in [6.07, 6.45) is 12.7. The van der Waals surface area contributed by atoms with E-state index in [1.165, 1.54) is 25.1 Å². The van der Waals surface area contributed by atoms with Gasteiger partial charge in [0.15, 0.2) is 0 Å². The second-order valence-corrected chi connectivity index (χ2v) is 4.70. The number of aromatic nitrogens is 2. The first-order valence-electron chi connectivity index (χ1n) is 5.80. The van der Waals surface area contributed by atoms with Gasteiger partial charge >= 0.3 is 0 Å². The van der Waals surface area contributed by atoms with Crippen molar-refractivity contribution in [2.75, 3.05) is 6.26 Å². The van der Waals surface area contributed by atoms with Crippen LogP contribution in [-0.2, 0) is 12.3 Å². The third kappa shape index (κ3) is 4.71. The van der Waals surface area contributed by atoms with E-state index < -0.39 is 0 Å². The Balaban J connectivity index is 2.16. The minimum atomic E-state index is 0.703. The Hall–Kier alpha value is -0.950. The maximum Gasteiger partial charge on any atom is 0.254 e. The molecular formula is C12H20N3S+. The van der Waals surface area contributed by atoms with E-state index in [0.717, 1.165) is 18.7 Å². The van der Waals surface area contributed by atoms with E-state index in [-0.39, 0.29) is 0 Å². The molecule has 0 aliphatic heterocycles. The lowest BCUT2D eigenvalue weighted by atomic mass is 10.1. The summed E-state index contributed by atoms with van der Waals surface area (Å²) in [6, 6.07) is 2.18. The zero-order valence-corrected chi connectivity index (χ0v) is 10.7. The Kier molecular flexibility index (Phi) is 6.75. The van der Waals surface area contributed by atoms with Crippen molar-refractivity contribution in [2.24, 2.45) is 0 Å². The number of nitriles is 1. The second-order valence-electron chi connectivity index (χ2n) is 3.87. The van der Waals surface area contributed by atoms with Crippen molar-refractivity contribution in [1.29, 1.82) is 5.26 Å². The monoisotopic (exact) mass is 238 g/mol. The third-order valence-corrected chi connectivity index (χ3v) is 3.11. The van der Waals surface area contributed by atoms with Crippen LogP contribution in [-0.4, -0.2) is 11.2 Å². The van der Waals surface area contributed by atoms with E-state index in [9.17, 15) is 0 Å². The summed E-state index contributed by atoms with van der Waals surface area (Å²) >= 11 is 1.83. The molecule has 0 aromatic carbocycles. The highest BCUT2D eigenvalue weighted by Crippen LogP contribution is 2.05. The van der Waals surface area contributed by atoms with Crippen molar-refractivity contribution in [2.45, 2.75) is 44.4 Å².